The van der Waals surface area contributed by atoms with Crippen LogP contribution in [-0.2, 0) is 0 Å². The van der Waals surface area contributed by atoms with Crippen molar-refractivity contribution in [3.05, 3.63) is 36.0 Å². The van der Waals surface area contributed by atoms with Gasteiger partial charge in [0.25, 0.3) is 0 Å². The predicted molar refractivity (Wildman–Crippen MR) is 83.2 cm³/mol. The third kappa shape index (κ3) is 2.65. The summed E-state index contributed by atoms with van der Waals surface area (Å²) in [7, 11) is 1.79. The third-order valence-corrected chi connectivity index (χ3v) is 3.74. The molecule has 21 heavy (non-hydrogen) atoms. The van der Waals surface area contributed by atoms with E-state index in [1.165, 1.54) is 12.8 Å². The fraction of sp³-hybridized carbons (Fsp3) is 0.312. The van der Waals surface area contributed by atoms with E-state index in [0.29, 0.717) is 11.5 Å². The molecule has 0 atom stereocenters. The molecule has 1 aromatic carbocycles. The van der Waals surface area contributed by atoms with Gasteiger partial charge in [-0.3, -0.25) is 0 Å². The molecular formula is C16H17N5. The Labute approximate surface area is 124 Å². The first-order valence-corrected chi connectivity index (χ1v) is 7.12. The average molecular weight is 279 g/mol. The van der Waals surface area contributed by atoms with E-state index in [1.807, 2.05) is 24.3 Å². The summed E-state index contributed by atoms with van der Waals surface area (Å²) in [5, 5.41) is 12.4. The summed E-state index contributed by atoms with van der Waals surface area (Å²) >= 11 is 0. The van der Waals surface area contributed by atoms with E-state index in [9.17, 15) is 5.26 Å². The summed E-state index contributed by atoms with van der Waals surface area (Å²) in [4.78, 5) is 10.8. The molecule has 0 spiro atoms. The second-order valence-corrected chi connectivity index (χ2v) is 5.05. The molecular weight excluding hydrogens is 262 g/mol. The van der Waals surface area contributed by atoms with Crippen LogP contribution in [0.2, 0.25) is 0 Å². The Kier molecular flexibility index (Phi) is 3.69. The van der Waals surface area contributed by atoms with Crippen LogP contribution in [0.4, 0.5) is 11.6 Å². The van der Waals surface area contributed by atoms with Crippen LogP contribution in [0.15, 0.2) is 30.5 Å². The van der Waals surface area contributed by atoms with Gasteiger partial charge in [-0.05, 0) is 31.0 Å². The van der Waals surface area contributed by atoms with Gasteiger partial charge < -0.3 is 10.2 Å². The van der Waals surface area contributed by atoms with Crippen LogP contribution in [0.3, 0.4) is 0 Å². The van der Waals surface area contributed by atoms with E-state index in [4.69, 9.17) is 0 Å². The maximum atomic E-state index is 9.43. The molecule has 0 aliphatic carbocycles. The Morgan fingerprint density at radius 1 is 1.24 bits per heavy atom. The lowest BCUT2D eigenvalue weighted by Crippen LogP contribution is -2.18. The number of nitrogens with one attached hydrogen (secondary N) is 1. The summed E-state index contributed by atoms with van der Waals surface area (Å²) in [5.74, 6) is 0.578. The van der Waals surface area contributed by atoms with Gasteiger partial charge in [-0.25, -0.2) is 9.97 Å². The largest absolute Gasteiger partial charge is 0.370 e. The number of hydrogen-bond acceptors (Lipinski definition) is 5. The van der Waals surface area contributed by atoms with Crippen molar-refractivity contribution in [3.8, 4) is 17.3 Å². The molecule has 1 aliphatic rings. The Morgan fingerprint density at radius 2 is 2.05 bits per heavy atom. The fourth-order valence-electron chi connectivity index (χ4n) is 2.66. The van der Waals surface area contributed by atoms with Gasteiger partial charge in [0.2, 0.25) is 5.95 Å². The number of nitrogens with zero attached hydrogens (tertiary/aromatic N) is 4. The lowest BCUT2D eigenvalue weighted by Gasteiger charge is -2.19. The Balaban J connectivity index is 1.99. The van der Waals surface area contributed by atoms with Crippen LogP contribution >= 0.6 is 0 Å². The molecule has 0 saturated carbocycles. The zero-order valence-corrected chi connectivity index (χ0v) is 12.0. The van der Waals surface area contributed by atoms with Gasteiger partial charge in [0.1, 0.15) is 6.07 Å². The van der Waals surface area contributed by atoms with Crippen LogP contribution in [0.1, 0.15) is 18.4 Å². The van der Waals surface area contributed by atoms with Crippen LogP contribution in [0.25, 0.3) is 11.3 Å². The molecule has 0 bridgehead atoms. The zero-order valence-electron chi connectivity index (χ0n) is 12.0. The molecule has 1 fully saturated rings. The highest BCUT2D eigenvalue weighted by atomic mass is 15.1. The van der Waals surface area contributed by atoms with Crippen molar-refractivity contribution < 1.29 is 0 Å². The molecule has 1 N–H and O–H groups in total. The molecule has 5 heteroatoms. The first kappa shape index (κ1) is 13.4. The molecule has 0 amide bonds. The molecule has 0 radical (unpaired) electrons. The standard InChI is InChI=1S/C16H17N5/c1-18-16-19-7-6-14(20-16)12-4-5-15(13(10-12)11-17)21-8-2-3-9-21/h4-7,10H,2-3,8-9H2,1H3,(H,18,19,20). The first-order chi connectivity index (χ1) is 10.3. The summed E-state index contributed by atoms with van der Waals surface area (Å²) in [6.07, 6.45) is 4.11. The Morgan fingerprint density at radius 3 is 2.76 bits per heavy atom. The van der Waals surface area contributed by atoms with E-state index >= 15 is 0 Å². The Bertz CT molecular complexity index is 683. The molecule has 1 saturated heterocycles. The number of aromatic nitrogens is 2. The molecule has 2 heterocycles. The smallest absolute Gasteiger partial charge is 0.222 e. The molecule has 3 rings (SSSR count). The van der Waals surface area contributed by atoms with Gasteiger partial charge in [0.05, 0.1) is 16.9 Å². The van der Waals surface area contributed by atoms with E-state index in [2.05, 4.69) is 26.3 Å². The summed E-state index contributed by atoms with van der Waals surface area (Å²) in [5.41, 5.74) is 3.49. The predicted octanol–water partition coefficient (Wildman–Crippen LogP) is 2.66. The lowest BCUT2D eigenvalue weighted by molar-refractivity contribution is 0.949. The number of nitriles is 1. The van der Waals surface area contributed by atoms with Crippen LogP contribution in [-0.4, -0.2) is 30.1 Å². The minimum Gasteiger partial charge on any atom is -0.370 e. The number of anilines is 2. The van der Waals surface area contributed by atoms with Gasteiger partial charge in [-0.15, -0.1) is 0 Å². The lowest BCUT2D eigenvalue weighted by atomic mass is 10.1. The maximum Gasteiger partial charge on any atom is 0.222 e. The van der Waals surface area contributed by atoms with Crippen molar-refractivity contribution in [1.82, 2.24) is 9.97 Å². The van der Waals surface area contributed by atoms with Crippen molar-refractivity contribution in [1.29, 1.82) is 5.26 Å². The second-order valence-electron chi connectivity index (χ2n) is 5.05. The van der Waals surface area contributed by atoms with Crippen molar-refractivity contribution >= 4 is 11.6 Å². The highest BCUT2D eigenvalue weighted by Gasteiger charge is 2.16. The van der Waals surface area contributed by atoms with Gasteiger partial charge in [-0.1, -0.05) is 6.07 Å². The molecule has 2 aromatic rings. The first-order valence-electron chi connectivity index (χ1n) is 7.12. The van der Waals surface area contributed by atoms with E-state index in [1.54, 1.807) is 13.2 Å². The number of rotatable bonds is 3. The van der Waals surface area contributed by atoms with Crippen molar-refractivity contribution in [2.45, 2.75) is 12.8 Å². The van der Waals surface area contributed by atoms with Crippen molar-refractivity contribution in [3.63, 3.8) is 0 Å². The average Bonchev–Trinajstić information content (AvgIpc) is 3.08. The summed E-state index contributed by atoms with van der Waals surface area (Å²) in [6.45, 7) is 2.07. The van der Waals surface area contributed by atoms with Gasteiger partial charge in [-0.2, -0.15) is 5.26 Å². The summed E-state index contributed by atoms with van der Waals surface area (Å²) in [6, 6.07) is 10.1. The monoisotopic (exact) mass is 279 g/mol. The summed E-state index contributed by atoms with van der Waals surface area (Å²) < 4.78 is 0. The van der Waals surface area contributed by atoms with Gasteiger partial charge >= 0.3 is 0 Å². The van der Waals surface area contributed by atoms with Gasteiger partial charge in [0.15, 0.2) is 0 Å². The van der Waals surface area contributed by atoms with Crippen LogP contribution < -0.4 is 10.2 Å². The van der Waals surface area contributed by atoms with Crippen molar-refractivity contribution in [2.75, 3.05) is 30.4 Å². The minimum absolute atomic E-state index is 0.578. The maximum absolute atomic E-state index is 9.43. The topological polar surface area (TPSA) is 64.8 Å². The van der Waals surface area contributed by atoms with E-state index in [0.717, 1.165) is 30.0 Å². The quantitative estimate of drug-likeness (QED) is 0.935. The molecule has 1 aromatic heterocycles. The number of hydrogen-bond donors (Lipinski definition) is 1. The SMILES string of the molecule is CNc1nccc(-c2ccc(N3CCCC3)c(C#N)c2)n1. The molecule has 5 nitrogen and oxygen atoms in total. The highest BCUT2D eigenvalue weighted by molar-refractivity contribution is 5.70. The molecule has 0 unspecified atom stereocenters. The molecule has 1 aliphatic heterocycles. The third-order valence-electron chi connectivity index (χ3n) is 3.74. The minimum atomic E-state index is 0.578. The molecule has 106 valence electrons. The Hall–Kier alpha value is -2.61. The van der Waals surface area contributed by atoms with Gasteiger partial charge in [0, 0.05) is 31.9 Å². The van der Waals surface area contributed by atoms with E-state index < -0.39 is 0 Å². The van der Waals surface area contributed by atoms with Crippen LogP contribution in [0.5, 0.6) is 0 Å². The normalized spacial score (nSPS) is 14.0. The van der Waals surface area contributed by atoms with E-state index in [-0.39, 0.29) is 0 Å². The van der Waals surface area contributed by atoms with Crippen molar-refractivity contribution in [2.24, 2.45) is 0 Å². The fourth-order valence-corrected chi connectivity index (χ4v) is 2.66. The zero-order chi connectivity index (χ0) is 14.7. The highest BCUT2D eigenvalue weighted by Crippen LogP contribution is 2.28. The number of benzene rings is 1. The van der Waals surface area contributed by atoms with Crippen LogP contribution in [0, 0.1) is 11.3 Å². The second kappa shape index (κ2) is 5.80.